The molecular formula is C23H22ClN3O6. The first-order valence-corrected chi connectivity index (χ1v) is 10.8. The van der Waals surface area contributed by atoms with Gasteiger partial charge in [-0.2, -0.15) is 0 Å². The number of methoxy groups -OCH3 is 1. The smallest absolute Gasteiger partial charge is 0.303 e. The summed E-state index contributed by atoms with van der Waals surface area (Å²) < 4.78 is 5.42. The van der Waals surface area contributed by atoms with Crippen molar-refractivity contribution in [2.24, 2.45) is 0 Å². The van der Waals surface area contributed by atoms with Crippen LogP contribution in [0.1, 0.15) is 23.2 Å². The number of carboxylic acids is 1. The van der Waals surface area contributed by atoms with Gasteiger partial charge in [0.15, 0.2) is 0 Å². The molecule has 2 heterocycles. The van der Waals surface area contributed by atoms with Crippen LogP contribution in [0, 0.1) is 0 Å². The predicted octanol–water partition coefficient (Wildman–Crippen LogP) is 2.49. The number of nitrogens with zero attached hydrogens (tertiary/aromatic N) is 2. The normalized spacial score (nSPS) is 17.6. The lowest BCUT2D eigenvalue weighted by atomic mass is 10.00. The molecule has 2 aromatic carbocycles. The average molecular weight is 472 g/mol. The Hall–Kier alpha value is -3.59. The highest BCUT2D eigenvalue weighted by atomic mass is 35.5. The van der Waals surface area contributed by atoms with Crippen molar-refractivity contribution in [3.05, 3.63) is 47.0 Å². The van der Waals surface area contributed by atoms with E-state index in [1.165, 1.54) is 9.80 Å². The molecule has 1 unspecified atom stereocenters. The molecule has 2 aliphatic heterocycles. The topological polar surface area (TPSA) is 116 Å². The molecule has 4 rings (SSSR count). The summed E-state index contributed by atoms with van der Waals surface area (Å²) in [5.41, 5.74) is 2.13. The van der Waals surface area contributed by atoms with Crippen molar-refractivity contribution >= 4 is 41.0 Å². The van der Waals surface area contributed by atoms with Gasteiger partial charge >= 0.3 is 5.97 Å². The number of fused-ring (bicyclic) bond motifs is 2. The first-order valence-electron chi connectivity index (χ1n) is 10.4. The number of benzene rings is 2. The first kappa shape index (κ1) is 22.6. The van der Waals surface area contributed by atoms with Gasteiger partial charge in [-0.25, -0.2) is 0 Å². The molecule has 1 atom stereocenters. The fraction of sp³-hybridized carbons (Fsp3) is 0.304. The van der Waals surface area contributed by atoms with E-state index in [1.54, 1.807) is 43.5 Å². The number of carbonyl (C=O) groups is 4. The third-order valence-electron chi connectivity index (χ3n) is 5.83. The number of ether oxygens (including phenoxy) is 1. The highest BCUT2D eigenvalue weighted by Gasteiger charge is 2.40. The van der Waals surface area contributed by atoms with E-state index in [4.69, 9.17) is 21.4 Å². The zero-order valence-electron chi connectivity index (χ0n) is 17.8. The largest absolute Gasteiger partial charge is 0.496 e. The minimum Gasteiger partial charge on any atom is -0.496 e. The lowest BCUT2D eigenvalue weighted by Crippen LogP contribution is -2.59. The highest BCUT2D eigenvalue weighted by Crippen LogP contribution is 2.36. The number of carbonyl (C=O) groups excluding carboxylic acids is 3. The molecule has 2 aliphatic rings. The number of carboxylic acid groups (broad SMARTS) is 1. The molecule has 0 spiro atoms. The number of rotatable bonds is 5. The molecule has 1 saturated heterocycles. The number of aliphatic carboxylic acids is 1. The van der Waals surface area contributed by atoms with E-state index < -0.39 is 17.9 Å². The quantitative estimate of drug-likeness (QED) is 0.692. The SMILES string of the molecule is COc1ccc(Cl)cc1-c1ccc2c(c1)C(=O)N1CCN(C(=O)CCC(=O)O)CC1C(=O)N2. The molecular weight excluding hydrogens is 450 g/mol. The molecule has 0 aromatic heterocycles. The number of halogens is 1. The number of anilines is 1. The van der Waals surface area contributed by atoms with Crippen molar-refractivity contribution in [3.63, 3.8) is 0 Å². The minimum atomic E-state index is -1.06. The van der Waals surface area contributed by atoms with Crippen molar-refractivity contribution in [3.8, 4) is 16.9 Å². The lowest BCUT2D eigenvalue weighted by molar-refractivity contribution is -0.142. The molecule has 3 amide bonds. The van der Waals surface area contributed by atoms with E-state index in [0.29, 0.717) is 33.1 Å². The van der Waals surface area contributed by atoms with Crippen LogP contribution in [0.2, 0.25) is 5.02 Å². The maximum Gasteiger partial charge on any atom is 0.303 e. The second kappa shape index (κ2) is 9.11. The third kappa shape index (κ3) is 4.49. The van der Waals surface area contributed by atoms with E-state index in [9.17, 15) is 19.2 Å². The monoisotopic (exact) mass is 471 g/mol. The average Bonchev–Trinajstić information content (AvgIpc) is 2.91. The van der Waals surface area contributed by atoms with Gasteiger partial charge in [0.05, 0.1) is 31.3 Å². The summed E-state index contributed by atoms with van der Waals surface area (Å²) in [7, 11) is 1.55. The zero-order valence-corrected chi connectivity index (χ0v) is 18.6. The molecule has 0 bridgehead atoms. The van der Waals surface area contributed by atoms with Gasteiger partial charge in [0.1, 0.15) is 11.8 Å². The fourth-order valence-corrected chi connectivity index (χ4v) is 4.30. The molecule has 2 aromatic rings. The van der Waals surface area contributed by atoms with E-state index in [2.05, 4.69) is 5.32 Å². The molecule has 172 valence electrons. The van der Waals surface area contributed by atoms with Crippen LogP contribution < -0.4 is 10.1 Å². The van der Waals surface area contributed by atoms with Gasteiger partial charge in [-0.1, -0.05) is 17.7 Å². The second-order valence-corrected chi connectivity index (χ2v) is 8.28. The zero-order chi connectivity index (χ0) is 23.7. The number of amides is 3. The van der Waals surface area contributed by atoms with Gasteiger partial charge in [-0.05, 0) is 35.9 Å². The summed E-state index contributed by atoms with van der Waals surface area (Å²) >= 11 is 6.16. The van der Waals surface area contributed by atoms with Gasteiger partial charge in [0.2, 0.25) is 11.8 Å². The number of hydrogen-bond donors (Lipinski definition) is 2. The van der Waals surface area contributed by atoms with Crippen molar-refractivity contribution in [1.29, 1.82) is 0 Å². The van der Waals surface area contributed by atoms with Gasteiger partial charge in [-0.3, -0.25) is 19.2 Å². The summed E-state index contributed by atoms with van der Waals surface area (Å²) in [6.45, 7) is 0.407. The van der Waals surface area contributed by atoms with Crippen LogP contribution >= 0.6 is 11.6 Å². The predicted molar refractivity (Wildman–Crippen MR) is 120 cm³/mol. The maximum absolute atomic E-state index is 13.4. The molecule has 0 radical (unpaired) electrons. The van der Waals surface area contributed by atoms with Crippen molar-refractivity contribution in [2.45, 2.75) is 18.9 Å². The Bertz CT molecular complexity index is 1150. The lowest BCUT2D eigenvalue weighted by Gasteiger charge is -2.39. The van der Waals surface area contributed by atoms with Crippen molar-refractivity contribution in [1.82, 2.24) is 9.80 Å². The Labute approximate surface area is 194 Å². The van der Waals surface area contributed by atoms with Gasteiger partial charge in [-0.15, -0.1) is 0 Å². The molecule has 0 aliphatic carbocycles. The Balaban J connectivity index is 1.62. The molecule has 9 nitrogen and oxygen atoms in total. The number of nitrogens with one attached hydrogen (secondary N) is 1. The van der Waals surface area contributed by atoms with Crippen LogP contribution in [-0.4, -0.2) is 71.4 Å². The fourth-order valence-electron chi connectivity index (χ4n) is 4.12. The van der Waals surface area contributed by atoms with E-state index >= 15 is 0 Å². The van der Waals surface area contributed by atoms with E-state index in [-0.39, 0.29) is 44.3 Å². The van der Waals surface area contributed by atoms with Crippen LogP contribution in [0.15, 0.2) is 36.4 Å². The second-order valence-electron chi connectivity index (χ2n) is 7.84. The summed E-state index contributed by atoms with van der Waals surface area (Å²) in [5.74, 6) is -1.54. The molecule has 0 saturated carbocycles. The highest BCUT2D eigenvalue weighted by molar-refractivity contribution is 6.31. The summed E-state index contributed by atoms with van der Waals surface area (Å²) in [4.78, 5) is 52.4. The van der Waals surface area contributed by atoms with Gasteiger partial charge in [0.25, 0.3) is 5.91 Å². The molecule has 10 heteroatoms. The summed E-state index contributed by atoms with van der Waals surface area (Å²) in [5, 5.41) is 12.1. The summed E-state index contributed by atoms with van der Waals surface area (Å²) in [6, 6.07) is 9.45. The van der Waals surface area contributed by atoms with Crippen molar-refractivity contribution < 1.29 is 29.0 Å². The van der Waals surface area contributed by atoms with Crippen LogP contribution in [0.3, 0.4) is 0 Å². The maximum atomic E-state index is 13.4. The Morgan fingerprint density at radius 2 is 1.91 bits per heavy atom. The van der Waals surface area contributed by atoms with E-state index in [0.717, 1.165) is 0 Å². The summed E-state index contributed by atoms with van der Waals surface area (Å²) in [6.07, 6.45) is -0.432. The molecule has 1 fully saturated rings. The van der Waals surface area contributed by atoms with Crippen LogP contribution in [0.25, 0.3) is 11.1 Å². The van der Waals surface area contributed by atoms with Gasteiger partial charge < -0.3 is 25.0 Å². The number of piperazine rings is 1. The van der Waals surface area contributed by atoms with E-state index in [1.807, 2.05) is 0 Å². The first-order chi connectivity index (χ1) is 15.8. The van der Waals surface area contributed by atoms with Crippen molar-refractivity contribution in [2.75, 3.05) is 32.1 Å². The van der Waals surface area contributed by atoms with Crippen LogP contribution in [0.4, 0.5) is 5.69 Å². The standard InChI is InChI=1S/C23H22ClN3O6/c1-33-19-5-3-14(24)11-15(19)13-2-4-17-16(10-13)23(32)27-9-8-26(12-18(27)22(31)25-17)20(28)6-7-21(29)30/h2-5,10-11,18H,6-9,12H2,1H3,(H,25,31)(H,29,30). The Morgan fingerprint density at radius 1 is 1.12 bits per heavy atom. The molecule has 33 heavy (non-hydrogen) atoms. The number of hydrogen-bond acceptors (Lipinski definition) is 5. The Morgan fingerprint density at radius 3 is 2.64 bits per heavy atom. The molecule has 2 N–H and O–H groups in total. The van der Waals surface area contributed by atoms with Gasteiger partial charge in [0, 0.05) is 30.1 Å². The van der Waals surface area contributed by atoms with Crippen LogP contribution in [0.5, 0.6) is 5.75 Å². The minimum absolute atomic E-state index is 0.0129. The van der Waals surface area contributed by atoms with Crippen LogP contribution in [-0.2, 0) is 14.4 Å². The third-order valence-corrected chi connectivity index (χ3v) is 6.06. The Kier molecular flexibility index (Phi) is 6.24.